The molecule has 0 aliphatic heterocycles. The minimum atomic E-state index is -0.312. The molecule has 4 N–H and O–H groups in total. The normalized spacial score (nSPS) is 10.9. The molecule has 0 saturated carbocycles. The number of ether oxygens (including phenoxy) is 1. The number of benzene rings is 3. The fourth-order valence-corrected chi connectivity index (χ4v) is 3.89. The summed E-state index contributed by atoms with van der Waals surface area (Å²) in [5, 5.41) is 11.9. The molecule has 0 saturated heterocycles. The first-order valence-corrected chi connectivity index (χ1v) is 12.3. The van der Waals surface area contributed by atoms with Crippen LogP contribution in [-0.2, 0) is 28.9 Å². The number of methoxy groups -OCH3 is 1. The summed E-state index contributed by atoms with van der Waals surface area (Å²) in [6.07, 6.45) is 4.19. The topological polar surface area (TPSA) is 104 Å². The van der Waals surface area contributed by atoms with E-state index in [1.807, 2.05) is 60.7 Å². The number of carbonyl (C=O) groups excluding carboxylic acids is 2. The van der Waals surface area contributed by atoms with Gasteiger partial charge in [-0.2, -0.15) is 0 Å². The third-order valence-electron chi connectivity index (χ3n) is 4.67. The van der Waals surface area contributed by atoms with Crippen LogP contribution in [0.4, 0.5) is 22.7 Å². The SMILES string of the molecule is C=CC(=O)Nc1cccc(N[C](=[W])/C(=C\N=CNc2cccc(OC)c2)C(=O)Nc2ccccc2)c1. The zero-order valence-electron chi connectivity index (χ0n) is 19.5. The predicted octanol–water partition coefficient (Wildman–Crippen LogP) is 4.57. The Kier molecular flexibility index (Phi) is 9.91. The van der Waals surface area contributed by atoms with E-state index >= 15 is 0 Å². The molecule has 0 radical (unpaired) electrons. The number of anilines is 4. The van der Waals surface area contributed by atoms with Crippen LogP contribution in [0.15, 0.2) is 108 Å². The van der Waals surface area contributed by atoms with E-state index in [-0.39, 0.29) is 11.8 Å². The number of rotatable bonds is 11. The van der Waals surface area contributed by atoms with Gasteiger partial charge in [-0.25, -0.2) is 0 Å². The van der Waals surface area contributed by atoms with Crippen molar-refractivity contribution in [1.82, 2.24) is 0 Å². The average molecular weight is 651 g/mol. The molecule has 0 fully saturated rings. The summed E-state index contributed by atoms with van der Waals surface area (Å²) in [4.78, 5) is 29.1. The molecule has 0 unspecified atom stereocenters. The van der Waals surface area contributed by atoms with E-state index in [0.29, 0.717) is 26.7 Å². The van der Waals surface area contributed by atoms with Gasteiger partial charge in [-0.3, -0.25) is 0 Å². The van der Waals surface area contributed by atoms with Gasteiger partial charge in [-0.05, 0) is 0 Å². The second kappa shape index (κ2) is 13.6. The number of hydrogen-bond donors (Lipinski definition) is 4. The first kappa shape index (κ1) is 26.3. The van der Waals surface area contributed by atoms with Crippen molar-refractivity contribution >= 4 is 44.9 Å². The Labute approximate surface area is 220 Å². The van der Waals surface area contributed by atoms with Gasteiger partial charge in [0.15, 0.2) is 0 Å². The summed E-state index contributed by atoms with van der Waals surface area (Å²) >= 11 is 1.02. The Balaban J connectivity index is 1.79. The van der Waals surface area contributed by atoms with Crippen LogP contribution in [0.3, 0.4) is 0 Å². The van der Waals surface area contributed by atoms with E-state index in [1.165, 1.54) is 18.6 Å². The van der Waals surface area contributed by atoms with Gasteiger partial charge in [0.05, 0.1) is 0 Å². The fourth-order valence-electron chi connectivity index (χ4n) is 2.94. The maximum atomic E-state index is 13.1. The Bertz CT molecular complexity index is 1310. The van der Waals surface area contributed by atoms with Crippen LogP contribution >= 0.6 is 0 Å². The van der Waals surface area contributed by atoms with Gasteiger partial charge in [0.1, 0.15) is 0 Å². The van der Waals surface area contributed by atoms with Crippen molar-refractivity contribution in [2.45, 2.75) is 0 Å². The molecule has 0 atom stereocenters. The van der Waals surface area contributed by atoms with Gasteiger partial charge in [-0.15, -0.1) is 0 Å². The first-order valence-electron chi connectivity index (χ1n) is 10.8. The molecule has 0 heterocycles. The molecule has 9 heteroatoms. The summed E-state index contributed by atoms with van der Waals surface area (Å²) in [7, 11) is 1.60. The van der Waals surface area contributed by atoms with Crippen LogP contribution in [0.2, 0.25) is 0 Å². The van der Waals surface area contributed by atoms with Crippen LogP contribution in [-0.4, -0.2) is 29.3 Å². The monoisotopic (exact) mass is 651 g/mol. The summed E-state index contributed by atoms with van der Waals surface area (Å²) in [5.41, 5.74) is 3.14. The number of nitrogens with zero attached hydrogens (tertiary/aromatic N) is 1. The molecule has 0 spiro atoms. The zero-order valence-corrected chi connectivity index (χ0v) is 22.5. The second-order valence-corrected chi connectivity index (χ2v) is 8.71. The maximum absolute atomic E-state index is 13.1. The number of hydrogen-bond acceptors (Lipinski definition) is 5. The molecule has 3 aromatic carbocycles. The summed E-state index contributed by atoms with van der Waals surface area (Å²) in [6, 6.07) is 23.8. The molecule has 0 aromatic heterocycles. The molecular weight excluding hydrogens is 626 g/mol. The zero-order chi connectivity index (χ0) is 25.8. The molecular formula is C27H25N5O3W. The molecule has 8 nitrogen and oxygen atoms in total. The second-order valence-electron chi connectivity index (χ2n) is 7.25. The van der Waals surface area contributed by atoms with Gasteiger partial charge >= 0.3 is 221 Å². The van der Waals surface area contributed by atoms with Crippen molar-refractivity contribution in [1.29, 1.82) is 0 Å². The fraction of sp³-hybridized carbons (Fsp3) is 0.0370. The van der Waals surface area contributed by atoms with E-state index < -0.39 is 0 Å². The van der Waals surface area contributed by atoms with E-state index in [9.17, 15) is 9.59 Å². The molecule has 0 aliphatic carbocycles. The Morgan fingerprint density at radius 2 is 1.53 bits per heavy atom. The van der Waals surface area contributed by atoms with E-state index in [2.05, 4.69) is 32.8 Å². The van der Waals surface area contributed by atoms with Gasteiger partial charge in [-0.1, -0.05) is 0 Å². The Morgan fingerprint density at radius 1 is 0.861 bits per heavy atom. The van der Waals surface area contributed by atoms with Crippen molar-refractivity contribution in [2.75, 3.05) is 28.4 Å². The standard InChI is InChI=1S/C27H25N5O3.W/c1-3-26(33)31-24-13-7-11-22(15-24)29-18-20(27(34)32-21-9-5-4-6-10-21)17-28-19-30-23-12-8-14-25(16-23)35-2;/h3-17,19,29H,1H2,2H3,(H,28,30)(H,31,33)(H,32,34);/b20-17+;. The van der Waals surface area contributed by atoms with Crippen LogP contribution < -0.4 is 26.0 Å². The Morgan fingerprint density at radius 3 is 2.25 bits per heavy atom. The number of para-hydroxylation sites is 1. The number of aliphatic imine (C=N–C) groups is 1. The van der Waals surface area contributed by atoms with Crippen LogP contribution in [0, 0.1) is 0 Å². The molecule has 3 aromatic rings. The molecule has 3 rings (SSSR count). The van der Waals surface area contributed by atoms with Gasteiger partial charge in [0.2, 0.25) is 0 Å². The van der Waals surface area contributed by atoms with Crippen molar-refractivity contribution in [3.63, 3.8) is 0 Å². The van der Waals surface area contributed by atoms with E-state index in [1.54, 1.807) is 25.3 Å². The first-order chi connectivity index (χ1) is 17.5. The van der Waals surface area contributed by atoms with Crippen molar-refractivity contribution in [2.24, 2.45) is 4.99 Å². The van der Waals surface area contributed by atoms with Crippen molar-refractivity contribution < 1.29 is 33.7 Å². The van der Waals surface area contributed by atoms with Gasteiger partial charge in [0.25, 0.3) is 0 Å². The van der Waals surface area contributed by atoms with Crippen molar-refractivity contribution in [3.05, 3.63) is 103 Å². The summed E-state index contributed by atoms with van der Waals surface area (Å²) in [5.74, 6) is 0.0999. The number of amides is 2. The molecule has 2 amide bonds. The minimum absolute atomic E-state index is 0.306. The van der Waals surface area contributed by atoms with Gasteiger partial charge < -0.3 is 0 Å². The molecule has 0 bridgehead atoms. The summed E-state index contributed by atoms with van der Waals surface area (Å²) in [6.45, 7) is 3.46. The molecule has 182 valence electrons. The predicted molar refractivity (Wildman–Crippen MR) is 142 cm³/mol. The molecule has 36 heavy (non-hydrogen) atoms. The van der Waals surface area contributed by atoms with Crippen molar-refractivity contribution in [3.8, 4) is 5.75 Å². The van der Waals surface area contributed by atoms with Gasteiger partial charge in [0, 0.05) is 0 Å². The van der Waals surface area contributed by atoms with Crippen LogP contribution in [0.1, 0.15) is 0 Å². The third kappa shape index (κ3) is 8.18. The quantitative estimate of drug-likeness (QED) is 0.138. The van der Waals surface area contributed by atoms with E-state index in [4.69, 9.17) is 4.74 Å². The third-order valence-corrected chi connectivity index (χ3v) is 5.83. The Hall–Kier alpha value is -4.29. The van der Waals surface area contributed by atoms with E-state index in [0.717, 1.165) is 30.8 Å². The summed E-state index contributed by atoms with van der Waals surface area (Å²) < 4.78 is 5.87. The molecule has 0 aliphatic rings. The average Bonchev–Trinajstić information content (AvgIpc) is 2.89. The number of nitrogens with one attached hydrogen (secondary N) is 4. The van der Waals surface area contributed by atoms with Crippen LogP contribution in [0.5, 0.6) is 5.75 Å². The number of carbonyl (C=O) groups is 2. The van der Waals surface area contributed by atoms with Crippen LogP contribution in [0.25, 0.3) is 0 Å².